The van der Waals surface area contributed by atoms with Crippen molar-refractivity contribution in [2.45, 2.75) is 38.3 Å². The van der Waals surface area contributed by atoms with Crippen LogP contribution in [0.5, 0.6) is 0 Å². The predicted octanol–water partition coefficient (Wildman–Crippen LogP) is 2.93. The van der Waals surface area contributed by atoms with Crippen LogP contribution in [0.25, 0.3) is 11.5 Å². The predicted molar refractivity (Wildman–Crippen MR) is 74.3 cm³/mol. The molecule has 1 N–H and O–H groups in total. The lowest BCUT2D eigenvalue weighted by atomic mass is 10.2. The van der Waals surface area contributed by atoms with Gasteiger partial charge in [0.2, 0.25) is 11.7 Å². The summed E-state index contributed by atoms with van der Waals surface area (Å²) in [5, 5.41) is 7.41. The fourth-order valence-electron chi connectivity index (χ4n) is 2.30. The van der Waals surface area contributed by atoms with E-state index in [-0.39, 0.29) is 0 Å². The first-order valence-corrected chi connectivity index (χ1v) is 7.28. The second-order valence-electron chi connectivity index (χ2n) is 4.74. The Morgan fingerprint density at radius 3 is 2.89 bits per heavy atom. The van der Waals surface area contributed by atoms with Crippen LogP contribution >= 0.6 is 15.9 Å². The largest absolute Gasteiger partial charge is 0.337 e. The van der Waals surface area contributed by atoms with Crippen LogP contribution in [0.1, 0.15) is 31.6 Å². The van der Waals surface area contributed by atoms with Gasteiger partial charge in [0, 0.05) is 16.7 Å². The van der Waals surface area contributed by atoms with Gasteiger partial charge in [-0.15, -0.1) is 0 Å². The fourth-order valence-corrected chi connectivity index (χ4v) is 2.53. The lowest BCUT2D eigenvalue weighted by Crippen LogP contribution is -2.25. The van der Waals surface area contributed by atoms with Crippen LogP contribution in [0, 0.1) is 0 Å². The van der Waals surface area contributed by atoms with Gasteiger partial charge in [-0.25, -0.2) is 0 Å². The van der Waals surface area contributed by atoms with Crippen molar-refractivity contribution in [3.8, 4) is 11.5 Å². The van der Waals surface area contributed by atoms with Crippen molar-refractivity contribution in [1.82, 2.24) is 20.4 Å². The van der Waals surface area contributed by atoms with E-state index in [1.165, 1.54) is 25.7 Å². The Labute approximate surface area is 119 Å². The smallest absolute Gasteiger partial charge is 0.240 e. The minimum absolute atomic E-state index is 0.538. The van der Waals surface area contributed by atoms with E-state index in [1.807, 2.05) is 12.1 Å². The molecule has 0 atom stereocenters. The monoisotopic (exact) mass is 322 g/mol. The fraction of sp³-hybridized carbons (Fsp3) is 0.462. The molecule has 0 unspecified atom stereocenters. The molecular weight excluding hydrogens is 308 g/mol. The van der Waals surface area contributed by atoms with Gasteiger partial charge in [0.1, 0.15) is 5.69 Å². The molecule has 100 valence electrons. The van der Waals surface area contributed by atoms with Crippen molar-refractivity contribution in [2.24, 2.45) is 0 Å². The zero-order valence-corrected chi connectivity index (χ0v) is 12.1. The summed E-state index contributed by atoms with van der Waals surface area (Å²) in [6, 6.07) is 4.37. The minimum atomic E-state index is 0.538. The third-order valence-electron chi connectivity index (χ3n) is 3.32. The first-order valence-electron chi connectivity index (χ1n) is 6.49. The molecule has 0 bridgehead atoms. The summed E-state index contributed by atoms with van der Waals surface area (Å²) >= 11 is 3.35. The van der Waals surface area contributed by atoms with Gasteiger partial charge in [-0.3, -0.25) is 4.98 Å². The Hall–Kier alpha value is -1.27. The van der Waals surface area contributed by atoms with E-state index in [4.69, 9.17) is 4.52 Å². The van der Waals surface area contributed by atoms with Gasteiger partial charge in [0.15, 0.2) is 0 Å². The zero-order chi connectivity index (χ0) is 13.1. The highest BCUT2D eigenvalue weighted by molar-refractivity contribution is 9.10. The second kappa shape index (κ2) is 5.79. The van der Waals surface area contributed by atoms with Crippen molar-refractivity contribution in [3.63, 3.8) is 0 Å². The lowest BCUT2D eigenvalue weighted by molar-refractivity contribution is 0.357. The van der Waals surface area contributed by atoms with Crippen LogP contribution in [0.2, 0.25) is 0 Å². The molecule has 0 saturated heterocycles. The van der Waals surface area contributed by atoms with Gasteiger partial charge in [-0.05, 0) is 40.9 Å². The molecule has 0 spiro atoms. The van der Waals surface area contributed by atoms with Gasteiger partial charge >= 0.3 is 0 Å². The van der Waals surface area contributed by atoms with Crippen LogP contribution in [-0.2, 0) is 6.54 Å². The Kier molecular flexibility index (Phi) is 3.89. The highest BCUT2D eigenvalue weighted by Crippen LogP contribution is 2.19. The van der Waals surface area contributed by atoms with Gasteiger partial charge < -0.3 is 9.84 Å². The summed E-state index contributed by atoms with van der Waals surface area (Å²) < 4.78 is 6.17. The molecule has 6 heteroatoms. The van der Waals surface area contributed by atoms with E-state index >= 15 is 0 Å². The highest BCUT2D eigenvalue weighted by Gasteiger charge is 2.16. The van der Waals surface area contributed by atoms with Crippen LogP contribution in [0.3, 0.4) is 0 Å². The molecule has 2 aromatic rings. The number of hydrogen-bond donors (Lipinski definition) is 1. The summed E-state index contributed by atoms with van der Waals surface area (Å²) in [6.07, 6.45) is 6.85. The van der Waals surface area contributed by atoms with E-state index in [2.05, 4.69) is 36.4 Å². The number of pyridine rings is 1. The standard InChI is InChI=1S/C13H15BrN4O/c14-9-5-6-11(16-7-9)13-17-12(19-18-13)8-15-10-3-1-2-4-10/h5-7,10,15H,1-4,8H2. The van der Waals surface area contributed by atoms with Crippen molar-refractivity contribution >= 4 is 15.9 Å². The Morgan fingerprint density at radius 2 is 2.16 bits per heavy atom. The van der Waals surface area contributed by atoms with Crippen LogP contribution < -0.4 is 5.32 Å². The SMILES string of the molecule is Brc1ccc(-c2noc(CNC3CCCC3)n2)nc1. The molecule has 0 aliphatic heterocycles. The van der Waals surface area contributed by atoms with Crippen LogP contribution in [0.4, 0.5) is 0 Å². The topological polar surface area (TPSA) is 63.8 Å². The number of rotatable bonds is 4. The summed E-state index contributed by atoms with van der Waals surface area (Å²) in [7, 11) is 0. The molecule has 1 fully saturated rings. The molecule has 0 aromatic carbocycles. The number of nitrogens with one attached hydrogen (secondary N) is 1. The molecule has 2 aromatic heterocycles. The van der Waals surface area contributed by atoms with Gasteiger partial charge in [0.05, 0.1) is 6.54 Å². The minimum Gasteiger partial charge on any atom is -0.337 e. The molecule has 3 rings (SSSR count). The molecular formula is C13H15BrN4O. The molecule has 5 nitrogen and oxygen atoms in total. The number of halogens is 1. The summed E-state index contributed by atoms with van der Waals surface area (Å²) in [4.78, 5) is 8.60. The van der Waals surface area contributed by atoms with Crippen molar-refractivity contribution < 1.29 is 4.52 Å². The number of nitrogens with zero attached hydrogens (tertiary/aromatic N) is 3. The maximum Gasteiger partial charge on any atom is 0.240 e. The van der Waals surface area contributed by atoms with E-state index < -0.39 is 0 Å². The first-order chi connectivity index (χ1) is 9.31. The zero-order valence-electron chi connectivity index (χ0n) is 10.5. The first kappa shape index (κ1) is 12.7. The summed E-state index contributed by atoms with van der Waals surface area (Å²) in [5.74, 6) is 1.15. The second-order valence-corrected chi connectivity index (χ2v) is 5.65. The van der Waals surface area contributed by atoms with Crippen molar-refractivity contribution in [2.75, 3.05) is 0 Å². The average Bonchev–Trinajstić information content (AvgIpc) is 3.09. The Balaban J connectivity index is 1.63. The molecule has 1 saturated carbocycles. The maximum absolute atomic E-state index is 5.23. The Morgan fingerprint density at radius 1 is 1.32 bits per heavy atom. The molecule has 0 radical (unpaired) electrons. The van der Waals surface area contributed by atoms with E-state index in [0.29, 0.717) is 24.3 Å². The summed E-state index contributed by atoms with van der Waals surface area (Å²) in [5.41, 5.74) is 0.721. The van der Waals surface area contributed by atoms with Crippen LogP contribution in [0.15, 0.2) is 27.3 Å². The van der Waals surface area contributed by atoms with Gasteiger partial charge in [-0.1, -0.05) is 18.0 Å². The lowest BCUT2D eigenvalue weighted by Gasteiger charge is -2.08. The maximum atomic E-state index is 5.23. The van der Waals surface area contributed by atoms with Crippen molar-refractivity contribution in [3.05, 3.63) is 28.7 Å². The van der Waals surface area contributed by atoms with Gasteiger partial charge in [0.25, 0.3) is 0 Å². The number of hydrogen-bond acceptors (Lipinski definition) is 5. The van der Waals surface area contributed by atoms with Crippen molar-refractivity contribution in [1.29, 1.82) is 0 Å². The molecule has 19 heavy (non-hydrogen) atoms. The van der Waals surface area contributed by atoms with Gasteiger partial charge in [-0.2, -0.15) is 4.98 Å². The normalized spacial score (nSPS) is 16.1. The third-order valence-corrected chi connectivity index (χ3v) is 3.79. The number of aromatic nitrogens is 3. The quantitative estimate of drug-likeness (QED) is 0.937. The molecule has 1 aliphatic carbocycles. The summed E-state index contributed by atoms with van der Waals surface area (Å²) in [6.45, 7) is 0.633. The molecule has 2 heterocycles. The third kappa shape index (κ3) is 3.19. The van der Waals surface area contributed by atoms with Crippen LogP contribution in [-0.4, -0.2) is 21.2 Å². The molecule has 0 amide bonds. The van der Waals surface area contributed by atoms with E-state index in [0.717, 1.165) is 10.2 Å². The van der Waals surface area contributed by atoms with E-state index in [1.54, 1.807) is 6.20 Å². The molecule has 1 aliphatic rings. The average molecular weight is 323 g/mol. The Bertz CT molecular complexity index is 534. The van der Waals surface area contributed by atoms with E-state index in [9.17, 15) is 0 Å². The highest BCUT2D eigenvalue weighted by atomic mass is 79.9.